The third-order valence-electron chi connectivity index (χ3n) is 4.82. The summed E-state index contributed by atoms with van der Waals surface area (Å²) in [5.74, 6) is 0.121. The zero-order valence-corrected chi connectivity index (χ0v) is 17.4. The van der Waals surface area contributed by atoms with Gasteiger partial charge in [0.05, 0.1) is 0 Å². The minimum absolute atomic E-state index is 0.00312. The van der Waals surface area contributed by atoms with Crippen molar-refractivity contribution in [2.24, 2.45) is 5.92 Å². The van der Waals surface area contributed by atoms with Crippen LogP contribution in [0, 0.1) is 12.8 Å². The van der Waals surface area contributed by atoms with Gasteiger partial charge in [-0.15, -0.1) is 0 Å². The molecule has 0 bridgehead atoms. The van der Waals surface area contributed by atoms with Gasteiger partial charge in [0.15, 0.2) is 0 Å². The topological polar surface area (TPSA) is 79.5 Å². The second-order valence-electron chi connectivity index (χ2n) is 8.93. The molecule has 0 saturated carbocycles. The lowest BCUT2D eigenvalue weighted by atomic mass is 9.74. The van der Waals surface area contributed by atoms with Crippen molar-refractivity contribution >= 4 is 23.2 Å². The number of hydrogen-bond acceptors (Lipinski definition) is 4. The molecule has 3 N–H and O–H groups in total. The van der Waals surface area contributed by atoms with Gasteiger partial charge in [-0.1, -0.05) is 6.07 Å². The highest BCUT2D eigenvalue weighted by atomic mass is 16.5. The van der Waals surface area contributed by atoms with Crippen LogP contribution in [0.25, 0.3) is 0 Å². The minimum Gasteiger partial charge on any atom is -0.375 e. The molecule has 1 heterocycles. The third-order valence-corrected chi connectivity index (χ3v) is 4.82. The van der Waals surface area contributed by atoms with Crippen LogP contribution in [-0.4, -0.2) is 36.6 Å². The van der Waals surface area contributed by atoms with E-state index >= 15 is 0 Å². The maximum Gasteiger partial charge on any atom is 0.250 e. The lowest BCUT2D eigenvalue weighted by Crippen LogP contribution is -2.58. The van der Waals surface area contributed by atoms with E-state index in [2.05, 4.69) is 43.6 Å². The molecule has 0 unspecified atom stereocenters. The van der Waals surface area contributed by atoms with E-state index in [1.165, 1.54) is 7.11 Å². The summed E-state index contributed by atoms with van der Waals surface area (Å²) in [4.78, 5) is 24.3. The number of carbonyl (C=O) groups is 2. The first-order valence-corrected chi connectivity index (χ1v) is 9.48. The summed E-state index contributed by atoms with van der Waals surface area (Å²) in [5.41, 5.74) is 2.37. The fourth-order valence-corrected chi connectivity index (χ4v) is 4.30. The number of aryl methyl sites for hydroxylation is 1. The van der Waals surface area contributed by atoms with Gasteiger partial charge in [0.25, 0.3) is 0 Å². The Balaban J connectivity index is 2.01. The van der Waals surface area contributed by atoms with E-state index in [-0.39, 0.29) is 29.5 Å². The first-order chi connectivity index (χ1) is 12.5. The van der Waals surface area contributed by atoms with Crippen molar-refractivity contribution in [3.63, 3.8) is 0 Å². The summed E-state index contributed by atoms with van der Waals surface area (Å²) in [6.07, 6.45) is 2.43. The van der Waals surface area contributed by atoms with Gasteiger partial charge >= 0.3 is 0 Å². The Kier molecular flexibility index (Phi) is 6.65. The average Bonchev–Trinajstić information content (AvgIpc) is 2.47. The summed E-state index contributed by atoms with van der Waals surface area (Å²) < 4.78 is 4.83. The van der Waals surface area contributed by atoms with E-state index < -0.39 is 0 Å². The Morgan fingerprint density at radius 3 is 2.33 bits per heavy atom. The van der Waals surface area contributed by atoms with E-state index in [0.29, 0.717) is 18.0 Å². The van der Waals surface area contributed by atoms with Crippen LogP contribution >= 0.6 is 0 Å². The molecule has 0 radical (unpaired) electrons. The number of hydrogen-bond donors (Lipinski definition) is 3. The maximum atomic E-state index is 12.7. The van der Waals surface area contributed by atoms with Crippen molar-refractivity contribution in [1.82, 2.24) is 5.32 Å². The lowest BCUT2D eigenvalue weighted by Gasteiger charge is -2.46. The molecule has 0 spiro atoms. The number of piperidine rings is 1. The zero-order chi connectivity index (χ0) is 20.2. The number of carbonyl (C=O) groups excluding carboxylic acids is 2. The number of rotatable bonds is 6. The van der Waals surface area contributed by atoms with Crippen molar-refractivity contribution < 1.29 is 14.3 Å². The SMILES string of the molecule is COCC(=O)Nc1ccc(C)c(NC(=O)CC2CC(C)(C)NC(C)(C)C2)c1. The Morgan fingerprint density at radius 2 is 1.74 bits per heavy atom. The Hall–Kier alpha value is -1.92. The van der Waals surface area contributed by atoms with Gasteiger partial charge in [0.1, 0.15) is 6.61 Å². The second-order valence-corrected chi connectivity index (χ2v) is 8.93. The van der Waals surface area contributed by atoms with E-state index in [9.17, 15) is 9.59 Å². The zero-order valence-electron chi connectivity index (χ0n) is 17.4. The van der Waals surface area contributed by atoms with Gasteiger partial charge < -0.3 is 20.7 Å². The smallest absolute Gasteiger partial charge is 0.250 e. The lowest BCUT2D eigenvalue weighted by molar-refractivity contribution is -0.119. The van der Waals surface area contributed by atoms with Crippen LogP contribution in [0.5, 0.6) is 0 Å². The standard InChI is InChI=1S/C21H33N3O3/c1-14-7-8-16(22-19(26)13-27-6)10-17(14)23-18(25)9-15-11-20(2,3)24-21(4,5)12-15/h7-8,10,15,24H,9,11-13H2,1-6H3,(H,22,26)(H,23,25). The number of benzene rings is 1. The molecule has 0 atom stereocenters. The van der Waals surface area contributed by atoms with E-state index in [0.717, 1.165) is 24.1 Å². The van der Waals surface area contributed by atoms with Crippen molar-refractivity contribution in [2.45, 2.75) is 65.0 Å². The highest BCUT2D eigenvalue weighted by Gasteiger charge is 2.38. The normalized spacial score (nSPS) is 18.7. The fraction of sp³-hybridized carbons (Fsp3) is 0.619. The van der Waals surface area contributed by atoms with Crippen LogP contribution in [0.3, 0.4) is 0 Å². The fourth-order valence-electron chi connectivity index (χ4n) is 4.30. The molecule has 1 aromatic carbocycles. The molecule has 1 aliphatic rings. The first-order valence-electron chi connectivity index (χ1n) is 9.48. The second kappa shape index (κ2) is 8.40. The molecule has 1 aliphatic heterocycles. The number of amides is 2. The van der Waals surface area contributed by atoms with Crippen LogP contribution < -0.4 is 16.0 Å². The van der Waals surface area contributed by atoms with E-state index in [1.807, 2.05) is 19.1 Å². The maximum absolute atomic E-state index is 12.7. The highest BCUT2D eigenvalue weighted by molar-refractivity contribution is 5.95. The summed E-state index contributed by atoms with van der Waals surface area (Å²) >= 11 is 0. The Bertz CT molecular complexity index is 682. The first kappa shape index (κ1) is 21.4. The molecule has 2 rings (SSSR count). The van der Waals surface area contributed by atoms with Gasteiger partial charge in [-0.3, -0.25) is 9.59 Å². The van der Waals surface area contributed by atoms with Gasteiger partial charge in [0, 0.05) is 36.0 Å². The minimum atomic E-state index is -0.224. The van der Waals surface area contributed by atoms with Crippen LogP contribution in [0.4, 0.5) is 11.4 Å². The molecular weight excluding hydrogens is 342 g/mol. The predicted molar refractivity (Wildman–Crippen MR) is 109 cm³/mol. The Morgan fingerprint density at radius 1 is 1.11 bits per heavy atom. The third kappa shape index (κ3) is 6.63. The summed E-state index contributed by atoms with van der Waals surface area (Å²) in [7, 11) is 1.48. The quantitative estimate of drug-likeness (QED) is 0.711. The molecule has 0 aliphatic carbocycles. The molecule has 6 nitrogen and oxygen atoms in total. The monoisotopic (exact) mass is 375 g/mol. The molecular formula is C21H33N3O3. The summed E-state index contributed by atoms with van der Waals surface area (Å²) in [6, 6.07) is 5.49. The van der Waals surface area contributed by atoms with Gasteiger partial charge in [-0.25, -0.2) is 0 Å². The highest BCUT2D eigenvalue weighted by Crippen LogP contribution is 2.35. The molecule has 6 heteroatoms. The van der Waals surface area contributed by atoms with Gasteiger partial charge in [0.2, 0.25) is 11.8 Å². The van der Waals surface area contributed by atoms with Crippen molar-refractivity contribution in [2.75, 3.05) is 24.4 Å². The molecule has 1 fully saturated rings. The molecule has 2 amide bonds. The molecule has 1 saturated heterocycles. The largest absolute Gasteiger partial charge is 0.375 e. The molecule has 1 aromatic rings. The van der Waals surface area contributed by atoms with Gasteiger partial charge in [-0.05, 0) is 71.1 Å². The van der Waals surface area contributed by atoms with Crippen molar-refractivity contribution in [1.29, 1.82) is 0 Å². The molecule has 27 heavy (non-hydrogen) atoms. The summed E-state index contributed by atoms with van der Waals surface area (Å²) in [6.45, 7) is 10.7. The number of anilines is 2. The van der Waals surface area contributed by atoms with Crippen LogP contribution in [0.15, 0.2) is 18.2 Å². The predicted octanol–water partition coefficient (Wildman–Crippen LogP) is 3.47. The molecule has 150 valence electrons. The number of nitrogens with one attached hydrogen (secondary N) is 3. The van der Waals surface area contributed by atoms with Crippen molar-refractivity contribution in [3.8, 4) is 0 Å². The Labute approximate surface area is 162 Å². The van der Waals surface area contributed by atoms with Crippen LogP contribution in [-0.2, 0) is 14.3 Å². The molecule has 0 aromatic heterocycles. The van der Waals surface area contributed by atoms with Crippen molar-refractivity contribution in [3.05, 3.63) is 23.8 Å². The van der Waals surface area contributed by atoms with E-state index in [4.69, 9.17) is 4.74 Å². The number of methoxy groups -OCH3 is 1. The number of ether oxygens (including phenoxy) is 1. The average molecular weight is 376 g/mol. The van der Waals surface area contributed by atoms with Gasteiger partial charge in [-0.2, -0.15) is 0 Å². The summed E-state index contributed by atoms with van der Waals surface area (Å²) in [5, 5.41) is 9.43. The van der Waals surface area contributed by atoms with E-state index in [1.54, 1.807) is 6.07 Å². The van der Waals surface area contributed by atoms with Crippen LogP contribution in [0.2, 0.25) is 0 Å². The van der Waals surface area contributed by atoms with Crippen LogP contribution in [0.1, 0.15) is 52.5 Å².